The molecule has 1 aliphatic rings. The number of ether oxygens (including phenoxy) is 1. The van der Waals surface area contributed by atoms with Crippen molar-refractivity contribution in [3.05, 3.63) is 0 Å². The van der Waals surface area contributed by atoms with Crippen LogP contribution in [0.3, 0.4) is 0 Å². The van der Waals surface area contributed by atoms with Crippen LogP contribution >= 0.6 is 0 Å². The third kappa shape index (κ3) is 4.00. The fourth-order valence-corrected chi connectivity index (χ4v) is 2.45. The van der Waals surface area contributed by atoms with Crippen molar-refractivity contribution in [2.75, 3.05) is 0 Å². The van der Waals surface area contributed by atoms with Crippen molar-refractivity contribution >= 4 is 11.9 Å². The van der Waals surface area contributed by atoms with Crippen molar-refractivity contribution in [2.45, 2.75) is 78.0 Å². The molecule has 2 atom stereocenters. The number of amides is 1. The van der Waals surface area contributed by atoms with Crippen LogP contribution in [-0.4, -0.2) is 34.5 Å². The number of hydrogen-bond acceptors (Lipinski definition) is 3. The molecule has 0 bridgehead atoms. The molecule has 0 aliphatic carbocycles. The maximum atomic E-state index is 12.2. The van der Waals surface area contributed by atoms with E-state index in [1.54, 1.807) is 4.90 Å². The zero-order valence-electron chi connectivity index (χ0n) is 12.2. The number of ketones is 1. The van der Waals surface area contributed by atoms with E-state index in [1.165, 1.54) is 0 Å². The molecule has 104 valence electrons. The first-order valence-electron chi connectivity index (χ1n) is 6.77. The molecule has 0 aromatic carbocycles. The minimum Gasteiger partial charge on any atom is -0.444 e. The third-order valence-corrected chi connectivity index (χ3v) is 3.08. The Morgan fingerprint density at radius 1 is 1.39 bits per heavy atom. The maximum absolute atomic E-state index is 12.2. The van der Waals surface area contributed by atoms with E-state index in [0.717, 1.165) is 12.8 Å². The summed E-state index contributed by atoms with van der Waals surface area (Å²) in [6.07, 6.45) is 2.44. The largest absolute Gasteiger partial charge is 0.444 e. The van der Waals surface area contributed by atoms with Crippen molar-refractivity contribution < 1.29 is 14.3 Å². The number of Topliss-reactive ketones (excluding diaryl/α,β-unsaturated/α-hetero) is 1. The monoisotopic (exact) mass is 255 g/mol. The summed E-state index contributed by atoms with van der Waals surface area (Å²) in [5, 5.41) is 0. The molecule has 1 aliphatic heterocycles. The molecule has 1 rings (SSSR count). The van der Waals surface area contributed by atoms with Gasteiger partial charge in [-0.1, -0.05) is 13.3 Å². The van der Waals surface area contributed by atoms with Crippen LogP contribution in [0.4, 0.5) is 4.79 Å². The van der Waals surface area contributed by atoms with E-state index in [9.17, 15) is 9.59 Å². The molecular weight excluding hydrogens is 230 g/mol. The lowest BCUT2D eigenvalue weighted by molar-refractivity contribution is -0.124. The molecule has 1 heterocycles. The molecule has 1 saturated heterocycles. The molecule has 0 saturated carbocycles. The quantitative estimate of drug-likeness (QED) is 0.761. The van der Waals surface area contributed by atoms with E-state index in [4.69, 9.17) is 4.74 Å². The molecule has 2 unspecified atom stereocenters. The first-order chi connectivity index (χ1) is 8.24. The van der Waals surface area contributed by atoms with Crippen LogP contribution in [-0.2, 0) is 9.53 Å². The third-order valence-electron chi connectivity index (χ3n) is 3.08. The maximum Gasteiger partial charge on any atom is 0.410 e. The Balaban J connectivity index is 2.80. The predicted molar refractivity (Wildman–Crippen MR) is 70.5 cm³/mol. The zero-order chi connectivity index (χ0) is 13.9. The highest BCUT2D eigenvalue weighted by Gasteiger charge is 2.37. The molecule has 4 nitrogen and oxygen atoms in total. The molecule has 18 heavy (non-hydrogen) atoms. The number of likely N-dealkylation sites (tertiary alicyclic amines) is 1. The van der Waals surface area contributed by atoms with Gasteiger partial charge in [-0.25, -0.2) is 4.79 Å². The summed E-state index contributed by atoms with van der Waals surface area (Å²) < 4.78 is 5.44. The van der Waals surface area contributed by atoms with E-state index in [2.05, 4.69) is 6.92 Å². The summed E-state index contributed by atoms with van der Waals surface area (Å²) in [5.41, 5.74) is -0.491. The van der Waals surface area contributed by atoms with Gasteiger partial charge in [0.25, 0.3) is 0 Å². The summed E-state index contributed by atoms with van der Waals surface area (Å²) in [6, 6.07) is -0.0567. The molecule has 0 radical (unpaired) electrons. The SMILES string of the molecule is CCCC1CC(=O)CC(C)N1C(=O)OC(C)(C)C. The van der Waals surface area contributed by atoms with Crippen LogP contribution in [0, 0.1) is 0 Å². The predicted octanol–water partition coefficient (Wildman–Crippen LogP) is 3.14. The van der Waals surface area contributed by atoms with Gasteiger partial charge in [-0.3, -0.25) is 4.79 Å². The second kappa shape index (κ2) is 5.72. The van der Waals surface area contributed by atoms with Gasteiger partial charge in [0.2, 0.25) is 0 Å². The fraction of sp³-hybridized carbons (Fsp3) is 0.857. The first-order valence-corrected chi connectivity index (χ1v) is 6.77. The fourth-order valence-electron chi connectivity index (χ4n) is 2.45. The summed E-state index contributed by atoms with van der Waals surface area (Å²) in [6.45, 7) is 9.57. The van der Waals surface area contributed by atoms with Crippen LogP contribution < -0.4 is 0 Å². The lowest BCUT2D eigenvalue weighted by Crippen LogP contribution is -2.52. The summed E-state index contributed by atoms with van der Waals surface area (Å²) >= 11 is 0. The molecule has 0 spiro atoms. The van der Waals surface area contributed by atoms with E-state index < -0.39 is 5.60 Å². The van der Waals surface area contributed by atoms with Crippen LogP contribution in [0.1, 0.15) is 60.3 Å². The van der Waals surface area contributed by atoms with Crippen molar-refractivity contribution in [3.8, 4) is 0 Å². The number of carbonyl (C=O) groups is 2. The van der Waals surface area contributed by atoms with Gasteiger partial charge < -0.3 is 9.64 Å². The van der Waals surface area contributed by atoms with Gasteiger partial charge in [0.05, 0.1) is 0 Å². The van der Waals surface area contributed by atoms with Gasteiger partial charge in [-0.05, 0) is 34.1 Å². The highest BCUT2D eigenvalue weighted by Crippen LogP contribution is 2.26. The molecular formula is C14H25NO3. The highest BCUT2D eigenvalue weighted by atomic mass is 16.6. The Hall–Kier alpha value is -1.06. The van der Waals surface area contributed by atoms with Crippen LogP contribution in [0.25, 0.3) is 0 Å². The van der Waals surface area contributed by atoms with E-state index in [1.807, 2.05) is 27.7 Å². The Labute approximate surface area is 110 Å². The summed E-state index contributed by atoms with van der Waals surface area (Å²) in [4.78, 5) is 25.6. The van der Waals surface area contributed by atoms with Gasteiger partial charge >= 0.3 is 6.09 Å². The average molecular weight is 255 g/mol. The number of nitrogens with zero attached hydrogens (tertiary/aromatic N) is 1. The molecule has 4 heteroatoms. The Morgan fingerprint density at radius 2 is 2.00 bits per heavy atom. The van der Waals surface area contributed by atoms with E-state index in [-0.39, 0.29) is 24.0 Å². The number of rotatable bonds is 2. The lowest BCUT2D eigenvalue weighted by atomic mass is 9.93. The van der Waals surface area contributed by atoms with Crippen LogP contribution in [0.15, 0.2) is 0 Å². The number of hydrogen-bond donors (Lipinski definition) is 0. The minimum absolute atomic E-state index is 0.00102. The van der Waals surface area contributed by atoms with Crippen LogP contribution in [0.2, 0.25) is 0 Å². The zero-order valence-corrected chi connectivity index (χ0v) is 12.2. The standard InChI is InChI=1S/C14H25NO3/c1-6-7-11-9-12(16)8-10(2)15(11)13(17)18-14(3,4)5/h10-11H,6-9H2,1-5H3. The molecule has 0 aromatic heterocycles. The summed E-state index contributed by atoms with van der Waals surface area (Å²) in [5.74, 6) is 0.251. The molecule has 0 aromatic rings. The second-order valence-corrected chi connectivity index (χ2v) is 6.13. The summed E-state index contributed by atoms with van der Waals surface area (Å²) in [7, 11) is 0. The van der Waals surface area contributed by atoms with Crippen molar-refractivity contribution in [3.63, 3.8) is 0 Å². The molecule has 1 amide bonds. The number of carbonyl (C=O) groups excluding carboxylic acids is 2. The van der Waals surface area contributed by atoms with Gasteiger partial charge in [0.15, 0.2) is 0 Å². The molecule has 0 N–H and O–H groups in total. The van der Waals surface area contributed by atoms with Gasteiger partial charge in [-0.15, -0.1) is 0 Å². The van der Waals surface area contributed by atoms with Crippen LogP contribution in [0.5, 0.6) is 0 Å². The van der Waals surface area contributed by atoms with Gasteiger partial charge in [0.1, 0.15) is 11.4 Å². The Morgan fingerprint density at radius 3 is 2.50 bits per heavy atom. The van der Waals surface area contributed by atoms with Crippen molar-refractivity contribution in [1.29, 1.82) is 0 Å². The molecule has 1 fully saturated rings. The van der Waals surface area contributed by atoms with E-state index in [0.29, 0.717) is 12.8 Å². The second-order valence-electron chi connectivity index (χ2n) is 6.13. The van der Waals surface area contributed by atoms with Gasteiger partial charge in [-0.2, -0.15) is 0 Å². The smallest absolute Gasteiger partial charge is 0.410 e. The van der Waals surface area contributed by atoms with E-state index >= 15 is 0 Å². The average Bonchev–Trinajstić information content (AvgIpc) is 2.13. The first kappa shape index (κ1) is 15.0. The highest BCUT2D eigenvalue weighted by molar-refractivity contribution is 5.83. The van der Waals surface area contributed by atoms with Crippen molar-refractivity contribution in [2.24, 2.45) is 0 Å². The van der Waals surface area contributed by atoms with Gasteiger partial charge in [0, 0.05) is 24.9 Å². The minimum atomic E-state index is -0.491. The lowest BCUT2D eigenvalue weighted by Gasteiger charge is -2.40. The number of piperidine rings is 1. The topological polar surface area (TPSA) is 46.6 Å². The Kier molecular flexibility index (Phi) is 4.77. The Bertz CT molecular complexity index is 319. The van der Waals surface area contributed by atoms with Crippen molar-refractivity contribution in [1.82, 2.24) is 4.90 Å². The normalized spacial score (nSPS) is 25.2.